The smallest absolute Gasteiger partial charge is 0.137 e. The Balaban J connectivity index is 1.69. The number of nitrogens with one attached hydrogen (secondary N) is 2. The zero-order valence-electron chi connectivity index (χ0n) is 16.9. The van der Waals surface area contributed by atoms with Gasteiger partial charge in [-0.25, -0.2) is 4.98 Å². The highest BCUT2D eigenvalue weighted by molar-refractivity contribution is 5.96. The van der Waals surface area contributed by atoms with E-state index in [1.54, 1.807) is 19.5 Å². The summed E-state index contributed by atoms with van der Waals surface area (Å²) in [6.07, 6.45) is 6.78. The highest BCUT2D eigenvalue weighted by Crippen LogP contribution is 2.31. The van der Waals surface area contributed by atoms with Crippen molar-refractivity contribution in [1.29, 1.82) is 10.7 Å². The Labute approximate surface area is 175 Å². The first-order valence-electron chi connectivity index (χ1n) is 9.97. The Kier molecular flexibility index (Phi) is 5.98. The number of aliphatic imine (C=N–C) groups is 1. The van der Waals surface area contributed by atoms with Crippen molar-refractivity contribution in [3.05, 3.63) is 53.3 Å². The molecule has 3 heterocycles. The third-order valence-electron chi connectivity index (χ3n) is 5.47. The summed E-state index contributed by atoms with van der Waals surface area (Å²) in [5.74, 6) is -0.208. The van der Waals surface area contributed by atoms with Crippen LogP contribution in [0.25, 0.3) is 22.2 Å². The van der Waals surface area contributed by atoms with Gasteiger partial charge >= 0.3 is 0 Å². The van der Waals surface area contributed by atoms with Gasteiger partial charge in [-0.15, -0.1) is 0 Å². The number of nitrogens with zero attached hydrogens (tertiary/aromatic N) is 4. The van der Waals surface area contributed by atoms with Gasteiger partial charge < -0.3 is 15.1 Å². The van der Waals surface area contributed by atoms with Gasteiger partial charge in [0.2, 0.25) is 0 Å². The maximum Gasteiger partial charge on any atom is 0.137 e. The second-order valence-electron chi connectivity index (χ2n) is 7.34. The van der Waals surface area contributed by atoms with Crippen LogP contribution >= 0.6 is 0 Å². The Bertz CT molecular complexity index is 1120. The standard InChI is InChI=1S/C23H24N6O/c1-26-12-20(11-25)19-9-21-22(14-28-23(21)27-13-19)16-2-3-17(18(8-16)10-24)15-29-4-6-30-7-5-29/h2-3,8-9,11-14,20,25H,4-7,15H2,1H3,(H,27,28). The quantitative estimate of drug-likeness (QED) is 0.620. The number of aromatic amines is 1. The Morgan fingerprint density at radius 3 is 2.93 bits per heavy atom. The van der Waals surface area contributed by atoms with E-state index in [9.17, 15) is 5.26 Å². The predicted octanol–water partition coefficient (Wildman–Crippen LogP) is 3.37. The molecule has 1 unspecified atom stereocenters. The summed E-state index contributed by atoms with van der Waals surface area (Å²) in [5.41, 5.74) is 5.37. The zero-order chi connectivity index (χ0) is 20.9. The number of nitriles is 1. The molecular weight excluding hydrogens is 376 g/mol. The first kappa shape index (κ1) is 20.0. The van der Waals surface area contributed by atoms with Crippen LogP contribution in [0.4, 0.5) is 0 Å². The highest BCUT2D eigenvalue weighted by atomic mass is 16.5. The topological polar surface area (TPSA) is 101 Å². The van der Waals surface area contributed by atoms with Crippen molar-refractivity contribution >= 4 is 23.5 Å². The van der Waals surface area contributed by atoms with Crippen LogP contribution in [0.15, 0.2) is 41.7 Å². The lowest BCUT2D eigenvalue weighted by atomic mass is 9.97. The van der Waals surface area contributed by atoms with Gasteiger partial charge in [0.15, 0.2) is 0 Å². The van der Waals surface area contributed by atoms with Crippen molar-refractivity contribution in [3.8, 4) is 17.2 Å². The van der Waals surface area contributed by atoms with Crippen LogP contribution in [0.3, 0.4) is 0 Å². The molecule has 0 bridgehead atoms. The number of benzene rings is 1. The van der Waals surface area contributed by atoms with Crippen molar-refractivity contribution < 1.29 is 4.74 Å². The molecule has 0 amide bonds. The summed E-state index contributed by atoms with van der Waals surface area (Å²) in [7, 11) is 1.70. The van der Waals surface area contributed by atoms with Gasteiger partial charge in [-0.05, 0) is 28.8 Å². The van der Waals surface area contributed by atoms with E-state index in [0.717, 1.165) is 66.1 Å². The van der Waals surface area contributed by atoms with E-state index in [1.807, 2.05) is 24.4 Å². The molecule has 7 nitrogen and oxygen atoms in total. The van der Waals surface area contributed by atoms with Gasteiger partial charge in [-0.1, -0.05) is 12.1 Å². The van der Waals surface area contributed by atoms with Gasteiger partial charge in [0.05, 0.1) is 30.8 Å². The van der Waals surface area contributed by atoms with Crippen molar-refractivity contribution in [2.45, 2.75) is 12.5 Å². The number of hydrogen-bond acceptors (Lipinski definition) is 6. The first-order valence-corrected chi connectivity index (χ1v) is 9.97. The van der Waals surface area contributed by atoms with Crippen LogP contribution in [0.1, 0.15) is 22.6 Å². The van der Waals surface area contributed by atoms with E-state index in [1.165, 1.54) is 6.21 Å². The molecule has 2 N–H and O–H groups in total. The number of pyridine rings is 1. The minimum absolute atomic E-state index is 0.208. The Morgan fingerprint density at radius 1 is 1.37 bits per heavy atom. The third-order valence-corrected chi connectivity index (χ3v) is 5.47. The molecule has 1 aliphatic rings. The molecule has 1 atom stereocenters. The van der Waals surface area contributed by atoms with Gasteiger partial charge in [0, 0.05) is 62.5 Å². The molecule has 30 heavy (non-hydrogen) atoms. The van der Waals surface area contributed by atoms with Crippen molar-refractivity contribution in [2.24, 2.45) is 4.99 Å². The molecule has 1 aromatic carbocycles. The molecule has 0 spiro atoms. The van der Waals surface area contributed by atoms with Crippen molar-refractivity contribution in [3.63, 3.8) is 0 Å². The van der Waals surface area contributed by atoms with E-state index in [0.29, 0.717) is 5.56 Å². The highest BCUT2D eigenvalue weighted by Gasteiger charge is 2.16. The molecule has 1 saturated heterocycles. The summed E-state index contributed by atoms with van der Waals surface area (Å²) in [4.78, 5) is 14.1. The Morgan fingerprint density at radius 2 is 2.20 bits per heavy atom. The van der Waals surface area contributed by atoms with E-state index < -0.39 is 0 Å². The fraction of sp³-hybridized carbons (Fsp3) is 0.304. The number of rotatable bonds is 6. The lowest BCUT2D eigenvalue weighted by molar-refractivity contribution is 0.0341. The van der Waals surface area contributed by atoms with Crippen LogP contribution in [-0.2, 0) is 11.3 Å². The van der Waals surface area contributed by atoms with Crippen LogP contribution in [0, 0.1) is 16.7 Å². The second kappa shape index (κ2) is 8.99. The summed E-state index contributed by atoms with van der Waals surface area (Å²) in [5, 5.41) is 18.4. The van der Waals surface area contributed by atoms with Crippen LogP contribution in [0.2, 0.25) is 0 Å². The number of aromatic nitrogens is 2. The summed E-state index contributed by atoms with van der Waals surface area (Å²) in [6, 6.07) is 10.5. The van der Waals surface area contributed by atoms with Gasteiger partial charge in [-0.3, -0.25) is 9.89 Å². The fourth-order valence-corrected chi connectivity index (χ4v) is 3.81. The van der Waals surface area contributed by atoms with E-state index in [-0.39, 0.29) is 5.92 Å². The van der Waals surface area contributed by atoms with E-state index >= 15 is 0 Å². The average Bonchev–Trinajstić information content (AvgIpc) is 3.21. The van der Waals surface area contributed by atoms with Gasteiger partial charge in [0.1, 0.15) is 5.65 Å². The van der Waals surface area contributed by atoms with E-state index in [4.69, 9.17) is 10.1 Å². The van der Waals surface area contributed by atoms with E-state index in [2.05, 4.69) is 32.0 Å². The number of ether oxygens (including phenoxy) is 1. The maximum atomic E-state index is 9.74. The molecule has 1 aliphatic heterocycles. The minimum atomic E-state index is -0.208. The molecule has 0 aliphatic carbocycles. The number of hydrogen-bond donors (Lipinski definition) is 2. The fourth-order valence-electron chi connectivity index (χ4n) is 3.81. The SMILES string of the molecule is CN=CC(C=N)c1cnc2[nH]cc(-c3ccc(CN4CCOCC4)c(C#N)c3)c2c1. The van der Waals surface area contributed by atoms with Gasteiger partial charge in [0.25, 0.3) is 0 Å². The second-order valence-corrected chi connectivity index (χ2v) is 7.34. The van der Waals surface area contributed by atoms with Crippen LogP contribution in [0.5, 0.6) is 0 Å². The first-order chi connectivity index (χ1) is 14.7. The molecule has 4 rings (SSSR count). The normalized spacial score (nSPS) is 16.0. The number of H-pyrrole nitrogens is 1. The van der Waals surface area contributed by atoms with Crippen molar-refractivity contribution in [1.82, 2.24) is 14.9 Å². The molecule has 1 fully saturated rings. The van der Waals surface area contributed by atoms with Crippen LogP contribution in [-0.4, -0.2) is 60.6 Å². The summed E-state index contributed by atoms with van der Waals surface area (Å²) in [6.45, 7) is 4.01. The summed E-state index contributed by atoms with van der Waals surface area (Å²) >= 11 is 0. The molecular formula is C23H24N6O. The molecule has 0 radical (unpaired) electrons. The minimum Gasteiger partial charge on any atom is -0.379 e. The molecule has 152 valence electrons. The predicted molar refractivity (Wildman–Crippen MR) is 118 cm³/mol. The molecule has 7 heteroatoms. The van der Waals surface area contributed by atoms with Crippen molar-refractivity contribution in [2.75, 3.05) is 33.4 Å². The van der Waals surface area contributed by atoms with Gasteiger partial charge in [-0.2, -0.15) is 5.26 Å². The maximum absolute atomic E-state index is 9.74. The molecule has 0 saturated carbocycles. The Hall–Kier alpha value is -3.34. The average molecular weight is 400 g/mol. The third kappa shape index (κ3) is 4.01. The lowest BCUT2D eigenvalue weighted by Crippen LogP contribution is -2.35. The molecule has 3 aromatic rings. The molecule has 2 aromatic heterocycles. The number of morpholine rings is 1. The zero-order valence-corrected chi connectivity index (χ0v) is 16.9. The monoisotopic (exact) mass is 400 g/mol. The lowest BCUT2D eigenvalue weighted by Gasteiger charge is -2.27. The van der Waals surface area contributed by atoms with Crippen LogP contribution < -0.4 is 0 Å². The number of fused-ring (bicyclic) bond motifs is 1. The summed E-state index contributed by atoms with van der Waals surface area (Å²) < 4.78 is 5.41. The largest absolute Gasteiger partial charge is 0.379 e.